The summed E-state index contributed by atoms with van der Waals surface area (Å²) >= 11 is 4.91. The summed E-state index contributed by atoms with van der Waals surface area (Å²) in [6.07, 6.45) is 1.74. The van der Waals surface area contributed by atoms with Gasteiger partial charge in [0.1, 0.15) is 0 Å². The van der Waals surface area contributed by atoms with Crippen LogP contribution in [0.3, 0.4) is 0 Å². The lowest BCUT2D eigenvalue weighted by molar-refractivity contribution is -0.121. The van der Waals surface area contributed by atoms with Crippen molar-refractivity contribution in [2.24, 2.45) is 5.73 Å². The van der Waals surface area contributed by atoms with E-state index >= 15 is 0 Å². The topological polar surface area (TPSA) is 55.1 Å². The van der Waals surface area contributed by atoms with Gasteiger partial charge in [-0.3, -0.25) is 4.79 Å². The van der Waals surface area contributed by atoms with Crippen molar-refractivity contribution in [2.45, 2.75) is 32.2 Å². The van der Waals surface area contributed by atoms with Crippen LogP contribution in [-0.4, -0.2) is 16.9 Å². The first-order valence-corrected chi connectivity index (χ1v) is 7.55. The van der Waals surface area contributed by atoms with Crippen molar-refractivity contribution in [3.8, 4) is 0 Å². The second-order valence-electron chi connectivity index (χ2n) is 5.16. The number of carbonyl (C=O) groups is 1. The molecule has 0 aromatic heterocycles. The lowest BCUT2D eigenvalue weighted by atomic mass is 10.0. The van der Waals surface area contributed by atoms with Crippen LogP contribution in [0.4, 0.5) is 0 Å². The molecule has 0 heterocycles. The first-order valence-electron chi connectivity index (χ1n) is 7.14. The number of carbonyl (C=O) groups excluding carboxylic acids is 1. The van der Waals surface area contributed by atoms with Crippen molar-refractivity contribution < 1.29 is 4.79 Å². The molecule has 1 atom stereocenters. The molecule has 0 saturated heterocycles. The Hall–Kier alpha value is -1.94. The Morgan fingerprint density at radius 1 is 1.24 bits per heavy atom. The fraction of sp³-hybridized carbons (Fsp3) is 0.294. The number of nitrogens with one attached hydrogen (secondary N) is 1. The van der Waals surface area contributed by atoms with Gasteiger partial charge in [0.25, 0.3) is 0 Å². The monoisotopic (exact) mass is 300 g/mol. The third-order valence-corrected chi connectivity index (χ3v) is 3.70. The summed E-state index contributed by atoms with van der Waals surface area (Å²) in [6.45, 7) is 2.02. The van der Waals surface area contributed by atoms with Crippen LogP contribution in [0.5, 0.6) is 0 Å². The molecule has 1 amide bonds. The van der Waals surface area contributed by atoms with Gasteiger partial charge in [-0.05, 0) is 22.8 Å². The van der Waals surface area contributed by atoms with Crippen molar-refractivity contribution in [3.63, 3.8) is 0 Å². The molecule has 0 aliphatic heterocycles. The molecular formula is C17H20N2OS. The van der Waals surface area contributed by atoms with Gasteiger partial charge < -0.3 is 11.1 Å². The molecule has 0 radical (unpaired) electrons. The lowest BCUT2D eigenvalue weighted by Gasteiger charge is -2.16. The number of rotatable bonds is 6. The number of thiocarbonyl (C=S) groups is 1. The molecule has 3 nitrogen and oxygen atoms in total. The van der Waals surface area contributed by atoms with Gasteiger partial charge >= 0.3 is 0 Å². The predicted octanol–water partition coefficient (Wildman–Crippen LogP) is 2.95. The highest BCUT2D eigenvalue weighted by Gasteiger charge is 2.13. The van der Waals surface area contributed by atoms with Crippen LogP contribution in [0.2, 0.25) is 0 Å². The first-order chi connectivity index (χ1) is 10.1. The number of hydrogen-bond acceptors (Lipinski definition) is 2. The zero-order valence-electron chi connectivity index (χ0n) is 12.1. The predicted molar refractivity (Wildman–Crippen MR) is 91.3 cm³/mol. The molecule has 21 heavy (non-hydrogen) atoms. The Labute approximate surface area is 130 Å². The Balaban J connectivity index is 2.09. The molecule has 1 unspecified atom stereocenters. The Kier molecular flexibility index (Phi) is 5.28. The van der Waals surface area contributed by atoms with E-state index in [2.05, 4.69) is 17.4 Å². The molecule has 4 heteroatoms. The molecule has 0 aliphatic rings. The molecule has 0 spiro atoms. The standard InChI is InChI=1S/C17H20N2OS/c1-2-14(11-16(18)21)19-17(20)10-13-8-5-7-12-6-3-4-9-15(12)13/h3-9,14H,2,10-11H2,1H3,(H2,18,21)(H,19,20). The van der Waals surface area contributed by atoms with Crippen molar-refractivity contribution in [1.29, 1.82) is 0 Å². The Bertz CT molecular complexity index is 649. The highest BCUT2D eigenvalue weighted by molar-refractivity contribution is 7.80. The zero-order chi connectivity index (χ0) is 15.2. The zero-order valence-corrected chi connectivity index (χ0v) is 13.0. The van der Waals surface area contributed by atoms with Gasteiger partial charge in [-0.1, -0.05) is 61.6 Å². The van der Waals surface area contributed by atoms with E-state index in [0.717, 1.165) is 22.8 Å². The minimum Gasteiger partial charge on any atom is -0.393 e. The Morgan fingerprint density at radius 2 is 1.95 bits per heavy atom. The van der Waals surface area contributed by atoms with Crippen LogP contribution in [-0.2, 0) is 11.2 Å². The molecule has 2 aromatic rings. The molecule has 0 aliphatic carbocycles. The van der Waals surface area contributed by atoms with E-state index in [-0.39, 0.29) is 11.9 Å². The van der Waals surface area contributed by atoms with Crippen LogP contribution in [0.25, 0.3) is 10.8 Å². The molecule has 2 aromatic carbocycles. The molecule has 0 fully saturated rings. The highest BCUT2D eigenvalue weighted by Crippen LogP contribution is 2.18. The van der Waals surface area contributed by atoms with Gasteiger partial charge in [-0.25, -0.2) is 0 Å². The summed E-state index contributed by atoms with van der Waals surface area (Å²) in [5.74, 6) is 0.00875. The number of amides is 1. The minimum absolute atomic E-state index is 0.00875. The van der Waals surface area contributed by atoms with Gasteiger partial charge in [0.05, 0.1) is 11.4 Å². The van der Waals surface area contributed by atoms with E-state index in [1.807, 2.05) is 37.3 Å². The Morgan fingerprint density at radius 3 is 2.67 bits per heavy atom. The smallest absolute Gasteiger partial charge is 0.224 e. The van der Waals surface area contributed by atoms with Gasteiger partial charge in [0.2, 0.25) is 5.91 Å². The average molecular weight is 300 g/mol. The summed E-state index contributed by atoms with van der Waals surface area (Å²) < 4.78 is 0. The maximum Gasteiger partial charge on any atom is 0.224 e. The first kappa shape index (κ1) is 15.4. The van der Waals surface area contributed by atoms with Crippen LogP contribution in [0.1, 0.15) is 25.3 Å². The van der Waals surface area contributed by atoms with Gasteiger partial charge in [-0.2, -0.15) is 0 Å². The molecule has 0 saturated carbocycles. The van der Waals surface area contributed by atoms with Crippen LogP contribution in [0.15, 0.2) is 42.5 Å². The van der Waals surface area contributed by atoms with Crippen LogP contribution < -0.4 is 11.1 Å². The number of benzene rings is 2. The normalized spacial score (nSPS) is 12.0. The maximum absolute atomic E-state index is 12.2. The van der Waals surface area contributed by atoms with E-state index in [1.54, 1.807) is 0 Å². The minimum atomic E-state index is 0.00875. The van der Waals surface area contributed by atoms with Crippen molar-refractivity contribution in [1.82, 2.24) is 5.32 Å². The quantitative estimate of drug-likeness (QED) is 0.806. The average Bonchev–Trinajstić information content (AvgIpc) is 2.46. The van der Waals surface area contributed by atoms with Crippen LogP contribution >= 0.6 is 12.2 Å². The van der Waals surface area contributed by atoms with E-state index in [1.165, 1.54) is 0 Å². The number of hydrogen-bond donors (Lipinski definition) is 2. The largest absolute Gasteiger partial charge is 0.393 e. The van der Waals surface area contributed by atoms with Gasteiger partial charge in [-0.15, -0.1) is 0 Å². The molecular weight excluding hydrogens is 280 g/mol. The number of fused-ring (bicyclic) bond motifs is 1. The van der Waals surface area contributed by atoms with E-state index in [4.69, 9.17) is 18.0 Å². The van der Waals surface area contributed by atoms with Gasteiger partial charge in [0, 0.05) is 12.5 Å². The number of nitrogens with two attached hydrogens (primary N) is 1. The lowest BCUT2D eigenvalue weighted by Crippen LogP contribution is -2.37. The summed E-state index contributed by atoms with van der Waals surface area (Å²) in [5, 5.41) is 5.28. The summed E-state index contributed by atoms with van der Waals surface area (Å²) in [5.41, 5.74) is 6.59. The second-order valence-corrected chi connectivity index (χ2v) is 5.68. The summed E-state index contributed by atoms with van der Waals surface area (Å²) in [6, 6.07) is 14.1. The molecule has 110 valence electrons. The molecule has 0 bridgehead atoms. The SMILES string of the molecule is CCC(CC(N)=S)NC(=O)Cc1cccc2ccccc12. The maximum atomic E-state index is 12.2. The third-order valence-electron chi connectivity index (χ3n) is 3.54. The second kappa shape index (κ2) is 7.18. The van der Waals surface area contributed by atoms with E-state index in [0.29, 0.717) is 17.8 Å². The fourth-order valence-electron chi connectivity index (χ4n) is 2.44. The summed E-state index contributed by atoms with van der Waals surface area (Å²) in [7, 11) is 0. The van der Waals surface area contributed by atoms with Crippen LogP contribution in [0, 0.1) is 0 Å². The third kappa shape index (κ3) is 4.26. The van der Waals surface area contributed by atoms with E-state index in [9.17, 15) is 4.79 Å². The highest BCUT2D eigenvalue weighted by atomic mass is 32.1. The van der Waals surface area contributed by atoms with Crippen molar-refractivity contribution in [3.05, 3.63) is 48.0 Å². The van der Waals surface area contributed by atoms with Gasteiger partial charge in [0.15, 0.2) is 0 Å². The molecule has 3 N–H and O–H groups in total. The van der Waals surface area contributed by atoms with Crippen molar-refractivity contribution in [2.75, 3.05) is 0 Å². The molecule has 2 rings (SSSR count). The van der Waals surface area contributed by atoms with E-state index < -0.39 is 0 Å². The van der Waals surface area contributed by atoms with Crippen molar-refractivity contribution >= 4 is 33.9 Å². The fourth-order valence-corrected chi connectivity index (χ4v) is 2.64. The summed E-state index contributed by atoms with van der Waals surface area (Å²) in [4.78, 5) is 12.6.